The summed E-state index contributed by atoms with van der Waals surface area (Å²) in [6, 6.07) is 4.51. The van der Waals surface area contributed by atoms with Crippen LogP contribution < -0.4 is 5.32 Å². The summed E-state index contributed by atoms with van der Waals surface area (Å²) in [7, 11) is 0. The van der Waals surface area contributed by atoms with Gasteiger partial charge in [-0.15, -0.1) is 0 Å². The number of anilines is 1. The first kappa shape index (κ1) is 17.2. The molecule has 2 amide bonds. The Morgan fingerprint density at radius 1 is 1.39 bits per heavy atom. The van der Waals surface area contributed by atoms with E-state index in [0.717, 1.165) is 0 Å². The van der Waals surface area contributed by atoms with Crippen molar-refractivity contribution >= 4 is 17.7 Å². The standard InChI is InChI=1S/C16H21FN2O4/c1-10(2)9-23-16(22)19-8-13(20)7-14(19)15(21)18-12-5-3-11(17)4-6-12/h3-6,10,13-14,20H,7-9H2,1-2H3,(H,18,21). The molecule has 1 heterocycles. The Hall–Kier alpha value is -2.15. The van der Waals surface area contributed by atoms with Crippen molar-refractivity contribution < 1.29 is 23.8 Å². The van der Waals surface area contributed by atoms with Gasteiger partial charge in [-0.25, -0.2) is 9.18 Å². The number of hydrogen-bond donors (Lipinski definition) is 2. The first-order chi connectivity index (χ1) is 10.9. The highest BCUT2D eigenvalue weighted by molar-refractivity contribution is 5.96. The summed E-state index contributed by atoms with van der Waals surface area (Å²) >= 11 is 0. The summed E-state index contributed by atoms with van der Waals surface area (Å²) in [6.07, 6.45) is -1.25. The van der Waals surface area contributed by atoms with Crippen LogP contribution in [0.1, 0.15) is 20.3 Å². The van der Waals surface area contributed by atoms with E-state index in [2.05, 4.69) is 5.32 Å². The maximum atomic E-state index is 12.9. The minimum Gasteiger partial charge on any atom is -0.449 e. The summed E-state index contributed by atoms with van der Waals surface area (Å²) < 4.78 is 18.0. The second kappa shape index (κ2) is 7.41. The number of aliphatic hydroxyl groups excluding tert-OH is 1. The summed E-state index contributed by atoms with van der Waals surface area (Å²) in [4.78, 5) is 25.6. The summed E-state index contributed by atoms with van der Waals surface area (Å²) in [6.45, 7) is 4.12. The smallest absolute Gasteiger partial charge is 0.410 e. The van der Waals surface area contributed by atoms with Crippen LogP contribution in [-0.4, -0.2) is 47.3 Å². The number of halogens is 1. The second-order valence-electron chi connectivity index (χ2n) is 6.02. The van der Waals surface area contributed by atoms with Gasteiger partial charge in [-0.1, -0.05) is 13.8 Å². The van der Waals surface area contributed by atoms with Crippen LogP contribution in [0.5, 0.6) is 0 Å². The molecule has 1 aromatic rings. The number of nitrogens with one attached hydrogen (secondary N) is 1. The fourth-order valence-corrected chi connectivity index (χ4v) is 2.34. The van der Waals surface area contributed by atoms with Crippen LogP contribution in [0.4, 0.5) is 14.9 Å². The van der Waals surface area contributed by atoms with Crippen LogP contribution in [-0.2, 0) is 9.53 Å². The number of likely N-dealkylation sites (tertiary alicyclic amines) is 1. The highest BCUT2D eigenvalue weighted by atomic mass is 19.1. The molecule has 0 radical (unpaired) electrons. The van der Waals surface area contributed by atoms with Gasteiger partial charge in [0.05, 0.1) is 19.3 Å². The molecule has 2 unspecified atom stereocenters. The van der Waals surface area contributed by atoms with Gasteiger partial charge in [-0.3, -0.25) is 9.69 Å². The molecular weight excluding hydrogens is 303 g/mol. The van der Waals surface area contributed by atoms with Crippen molar-refractivity contribution in [1.29, 1.82) is 0 Å². The predicted molar refractivity (Wildman–Crippen MR) is 82.3 cm³/mol. The maximum Gasteiger partial charge on any atom is 0.410 e. The Bertz CT molecular complexity index is 562. The predicted octanol–water partition coefficient (Wildman–Crippen LogP) is 1.99. The van der Waals surface area contributed by atoms with Gasteiger partial charge in [0, 0.05) is 12.1 Å². The zero-order valence-electron chi connectivity index (χ0n) is 13.2. The van der Waals surface area contributed by atoms with Crippen LogP contribution in [0.15, 0.2) is 24.3 Å². The number of β-amino-alcohol motifs (C(OH)–C–C–N with tert-alkyl or cyclic N) is 1. The zero-order valence-corrected chi connectivity index (χ0v) is 13.2. The zero-order chi connectivity index (χ0) is 17.0. The molecule has 1 aliphatic rings. The monoisotopic (exact) mass is 324 g/mol. The molecule has 2 atom stereocenters. The third-order valence-corrected chi connectivity index (χ3v) is 3.47. The molecule has 0 spiro atoms. The van der Waals surface area contributed by atoms with E-state index in [4.69, 9.17) is 4.74 Å². The van der Waals surface area contributed by atoms with Crippen molar-refractivity contribution in [3.8, 4) is 0 Å². The molecule has 0 saturated carbocycles. The average Bonchev–Trinajstić information content (AvgIpc) is 2.89. The average molecular weight is 324 g/mol. The second-order valence-corrected chi connectivity index (χ2v) is 6.02. The first-order valence-corrected chi connectivity index (χ1v) is 7.54. The van der Waals surface area contributed by atoms with E-state index in [1.54, 1.807) is 0 Å². The molecule has 2 rings (SSSR count). The largest absolute Gasteiger partial charge is 0.449 e. The molecule has 7 heteroatoms. The topological polar surface area (TPSA) is 78.9 Å². The molecule has 1 saturated heterocycles. The van der Waals surface area contributed by atoms with Crippen molar-refractivity contribution in [3.63, 3.8) is 0 Å². The number of carbonyl (C=O) groups excluding carboxylic acids is 2. The number of rotatable bonds is 4. The van der Waals surface area contributed by atoms with Gasteiger partial charge in [0.15, 0.2) is 0 Å². The Balaban J connectivity index is 2.01. The van der Waals surface area contributed by atoms with Gasteiger partial charge in [-0.2, -0.15) is 0 Å². The molecule has 126 valence electrons. The normalized spacial score (nSPS) is 20.7. The molecule has 1 aliphatic heterocycles. The van der Waals surface area contributed by atoms with Crippen LogP contribution in [0.3, 0.4) is 0 Å². The molecule has 0 aromatic heterocycles. The van der Waals surface area contributed by atoms with Crippen molar-refractivity contribution in [1.82, 2.24) is 4.90 Å². The number of benzene rings is 1. The quantitative estimate of drug-likeness (QED) is 0.888. The van der Waals surface area contributed by atoms with Crippen LogP contribution in [0.2, 0.25) is 0 Å². The Kier molecular flexibility index (Phi) is 5.54. The van der Waals surface area contributed by atoms with Gasteiger partial charge in [-0.05, 0) is 30.2 Å². The SMILES string of the molecule is CC(C)COC(=O)N1CC(O)CC1C(=O)Nc1ccc(F)cc1. The van der Waals surface area contributed by atoms with Gasteiger partial charge in [0.25, 0.3) is 0 Å². The molecule has 23 heavy (non-hydrogen) atoms. The van der Waals surface area contributed by atoms with Gasteiger partial charge in [0.2, 0.25) is 5.91 Å². The minimum absolute atomic E-state index is 0.0540. The lowest BCUT2D eigenvalue weighted by atomic mass is 10.2. The highest BCUT2D eigenvalue weighted by Crippen LogP contribution is 2.21. The van der Waals surface area contributed by atoms with E-state index in [1.165, 1.54) is 29.2 Å². The summed E-state index contributed by atoms with van der Waals surface area (Å²) in [5, 5.41) is 12.4. The van der Waals surface area contributed by atoms with Crippen molar-refractivity contribution in [2.24, 2.45) is 5.92 Å². The van der Waals surface area contributed by atoms with E-state index < -0.39 is 30.0 Å². The van der Waals surface area contributed by atoms with Gasteiger partial charge >= 0.3 is 6.09 Å². The van der Waals surface area contributed by atoms with E-state index in [0.29, 0.717) is 5.69 Å². The van der Waals surface area contributed by atoms with Gasteiger partial charge in [0.1, 0.15) is 11.9 Å². The van der Waals surface area contributed by atoms with E-state index in [1.807, 2.05) is 13.8 Å². The molecule has 0 aliphatic carbocycles. The van der Waals surface area contributed by atoms with Crippen LogP contribution in [0, 0.1) is 11.7 Å². The Morgan fingerprint density at radius 3 is 2.65 bits per heavy atom. The van der Waals surface area contributed by atoms with Crippen LogP contribution >= 0.6 is 0 Å². The molecule has 1 fully saturated rings. The minimum atomic E-state index is -0.810. The van der Waals surface area contributed by atoms with Crippen molar-refractivity contribution in [2.75, 3.05) is 18.5 Å². The number of aliphatic hydroxyl groups is 1. The third kappa shape index (κ3) is 4.66. The molecule has 6 nitrogen and oxygen atoms in total. The molecule has 2 N–H and O–H groups in total. The Labute approximate surface area is 134 Å². The number of ether oxygens (including phenoxy) is 1. The highest BCUT2D eigenvalue weighted by Gasteiger charge is 2.39. The number of hydrogen-bond acceptors (Lipinski definition) is 4. The lowest BCUT2D eigenvalue weighted by Crippen LogP contribution is -2.43. The maximum absolute atomic E-state index is 12.9. The van der Waals surface area contributed by atoms with Gasteiger partial charge < -0.3 is 15.2 Å². The molecule has 0 bridgehead atoms. The van der Waals surface area contributed by atoms with Crippen molar-refractivity contribution in [3.05, 3.63) is 30.1 Å². The van der Waals surface area contributed by atoms with E-state index >= 15 is 0 Å². The molecule has 1 aromatic carbocycles. The lowest BCUT2D eigenvalue weighted by Gasteiger charge is -2.23. The first-order valence-electron chi connectivity index (χ1n) is 7.54. The fraction of sp³-hybridized carbons (Fsp3) is 0.500. The van der Waals surface area contributed by atoms with E-state index in [-0.39, 0.29) is 25.5 Å². The van der Waals surface area contributed by atoms with Crippen LogP contribution in [0.25, 0.3) is 0 Å². The number of nitrogens with zero attached hydrogens (tertiary/aromatic N) is 1. The summed E-state index contributed by atoms with van der Waals surface area (Å²) in [5.74, 6) is -0.661. The number of amides is 2. The van der Waals surface area contributed by atoms with Crippen molar-refractivity contribution in [2.45, 2.75) is 32.4 Å². The fourth-order valence-electron chi connectivity index (χ4n) is 2.34. The lowest BCUT2D eigenvalue weighted by molar-refractivity contribution is -0.120. The summed E-state index contributed by atoms with van der Waals surface area (Å²) in [5.41, 5.74) is 0.424. The number of carbonyl (C=O) groups is 2. The molecular formula is C16H21FN2O4. The van der Waals surface area contributed by atoms with E-state index in [9.17, 15) is 19.1 Å². The third-order valence-electron chi connectivity index (χ3n) is 3.47. The Morgan fingerprint density at radius 2 is 2.04 bits per heavy atom.